The van der Waals surface area contributed by atoms with Gasteiger partial charge in [-0.3, -0.25) is 0 Å². The molecular formula is C56H35NO2. The molecule has 12 rings (SSSR count). The summed E-state index contributed by atoms with van der Waals surface area (Å²) in [6.45, 7) is 0. The zero-order valence-corrected chi connectivity index (χ0v) is 32.0. The molecule has 12 aromatic rings. The Kier molecular flexibility index (Phi) is 7.54. The number of nitrogens with zero attached hydrogens (tertiary/aromatic N) is 1. The van der Waals surface area contributed by atoms with E-state index in [1.165, 1.54) is 27.3 Å². The van der Waals surface area contributed by atoms with Crippen molar-refractivity contribution < 1.29 is 8.83 Å². The van der Waals surface area contributed by atoms with Gasteiger partial charge in [-0.25, -0.2) is 0 Å². The predicted octanol–water partition coefficient (Wildman–Crippen LogP) is 16.3. The topological polar surface area (TPSA) is 29.5 Å². The molecule has 2 aromatic heterocycles. The van der Waals surface area contributed by atoms with E-state index in [2.05, 4.69) is 205 Å². The number of rotatable bonds is 6. The maximum atomic E-state index is 6.53. The average molecular weight is 754 g/mol. The first kappa shape index (κ1) is 33.3. The molecule has 0 saturated carbocycles. The molecule has 0 amide bonds. The molecule has 59 heavy (non-hydrogen) atoms. The van der Waals surface area contributed by atoms with Crippen LogP contribution in [-0.4, -0.2) is 0 Å². The lowest BCUT2D eigenvalue weighted by Crippen LogP contribution is -2.09. The van der Waals surface area contributed by atoms with Gasteiger partial charge in [0.1, 0.15) is 22.3 Å². The van der Waals surface area contributed by atoms with Crippen molar-refractivity contribution in [1.82, 2.24) is 0 Å². The Bertz CT molecular complexity index is 3540. The normalized spacial score (nSPS) is 11.7. The fourth-order valence-corrected chi connectivity index (χ4v) is 8.91. The SMILES string of the molecule is c1ccc2cc(-c3ccc(N(c4ccc(-c5ccc6oc7ccccc7c6c5)cc4)c4ccc(-c5cccc6oc7c8ccccc8ccc7c56)cc4)cc3)ccc2c1. The molecule has 276 valence electrons. The minimum Gasteiger partial charge on any atom is -0.456 e. The molecule has 0 radical (unpaired) electrons. The first-order valence-corrected chi connectivity index (χ1v) is 20.1. The first-order chi connectivity index (χ1) is 29.2. The van der Waals surface area contributed by atoms with Crippen LogP contribution in [0.15, 0.2) is 221 Å². The Balaban J connectivity index is 0.942. The van der Waals surface area contributed by atoms with Crippen LogP contribution >= 0.6 is 0 Å². The molecule has 0 aliphatic heterocycles. The molecule has 0 spiro atoms. The van der Waals surface area contributed by atoms with E-state index in [4.69, 9.17) is 8.83 Å². The van der Waals surface area contributed by atoms with Crippen LogP contribution in [0.3, 0.4) is 0 Å². The van der Waals surface area contributed by atoms with Crippen LogP contribution in [0.25, 0.3) is 98.8 Å². The lowest BCUT2D eigenvalue weighted by molar-refractivity contribution is 0.669. The fraction of sp³-hybridized carbons (Fsp3) is 0. The van der Waals surface area contributed by atoms with Crippen molar-refractivity contribution in [2.24, 2.45) is 0 Å². The maximum Gasteiger partial charge on any atom is 0.143 e. The van der Waals surface area contributed by atoms with Gasteiger partial charge in [0.05, 0.1) is 0 Å². The smallest absolute Gasteiger partial charge is 0.143 e. The molecule has 0 saturated heterocycles. The third-order valence-electron chi connectivity index (χ3n) is 11.9. The zero-order valence-electron chi connectivity index (χ0n) is 32.0. The van der Waals surface area contributed by atoms with Crippen molar-refractivity contribution in [3.63, 3.8) is 0 Å². The summed E-state index contributed by atoms with van der Waals surface area (Å²) >= 11 is 0. The van der Waals surface area contributed by atoms with Crippen LogP contribution in [0.5, 0.6) is 0 Å². The number of anilines is 3. The molecule has 10 aromatic carbocycles. The number of benzene rings is 10. The summed E-state index contributed by atoms with van der Waals surface area (Å²) in [5.41, 5.74) is 13.8. The van der Waals surface area contributed by atoms with E-state index in [1.807, 2.05) is 12.1 Å². The van der Waals surface area contributed by atoms with Crippen LogP contribution in [0, 0.1) is 0 Å². The highest BCUT2D eigenvalue weighted by atomic mass is 16.3. The molecular weight excluding hydrogens is 719 g/mol. The first-order valence-electron chi connectivity index (χ1n) is 20.1. The summed E-state index contributed by atoms with van der Waals surface area (Å²) in [6, 6.07) is 75.8. The Hall–Kier alpha value is -7.88. The van der Waals surface area contributed by atoms with E-state index in [-0.39, 0.29) is 0 Å². The van der Waals surface area contributed by atoms with Crippen molar-refractivity contribution in [1.29, 1.82) is 0 Å². The van der Waals surface area contributed by atoms with Crippen molar-refractivity contribution >= 4 is 82.5 Å². The second-order valence-electron chi connectivity index (χ2n) is 15.3. The van der Waals surface area contributed by atoms with Crippen molar-refractivity contribution in [2.45, 2.75) is 0 Å². The third kappa shape index (κ3) is 5.59. The van der Waals surface area contributed by atoms with Gasteiger partial charge in [0, 0.05) is 44.0 Å². The molecule has 0 N–H and O–H groups in total. The summed E-state index contributed by atoms with van der Waals surface area (Å²) in [6.07, 6.45) is 0. The van der Waals surface area contributed by atoms with Crippen molar-refractivity contribution in [2.75, 3.05) is 4.90 Å². The van der Waals surface area contributed by atoms with Gasteiger partial charge in [0.2, 0.25) is 0 Å². The van der Waals surface area contributed by atoms with Gasteiger partial charge in [0.25, 0.3) is 0 Å². The summed E-state index contributed by atoms with van der Waals surface area (Å²) in [7, 11) is 0. The Morgan fingerprint density at radius 2 is 0.831 bits per heavy atom. The molecule has 0 aliphatic carbocycles. The Morgan fingerprint density at radius 1 is 0.288 bits per heavy atom. The highest BCUT2D eigenvalue weighted by Gasteiger charge is 2.18. The molecule has 2 heterocycles. The zero-order chi connectivity index (χ0) is 38.9. The maximum absolute atomic E-state index is 6.53. The largest absolute Gasteiger partial charge is 0.456 e. The second kappa shape index (κ2) is 13.4. The van der Waals surface area contributed by atoms with E-state index in [1.54, 1.807) is 0 Å². The number of hydrogen-bond acceptors (Lipinski definition) is 3. The van der Waals surface area contributed by atoms with Crippen LogP contribution < -0.4 is 4.90 Å². The predicted molar refractivity (Wildman–Crippen MR) is 247 cm³/mol. The van der Waals surface area contributed by atoms with Crippen LogP contribution in [0.2, 0.25) is 0 Å². The van der Waals surface area contributed by atoms with Gasteiger partial charge >= 0.3 is 0 Å². The summed E-state index contributed by atoms with van der Waals surface area (Å²) in [4.78, 5) is 2.34. The molecule has 0 aliphatic rings. The van der Waals surface area contributed by atoms with E-state index in [0.29, 0.717) is 0 Å². The number of furan rings is 2. The van der Waals surface area contributed by atoms with Gasteiger partial charge in [0.15, 0.2) is 0 Å². The number of fused-ring (bicyclic) bond motifs is 9. The van der Waals surface area contributed by atoms with Crippen molar-refractivity contribution in [3.05, 3.63) is 212 Å². The summed E-state index contributed by atoms with van der Waals surface area (Å²) < 4.78 is 12.7. The molecule has 0 bridgehead atoms. The Labute approximate surface area is 340 Å². The van der Waals surface area contributed by atoms with Crippen molar-refractivity contribution in [3.8, 4) is 33.4 Å². The highest BCUT2D eigenvalue weighted by molar-refractivity contribution is 6.19. The Morgan fingerprint density at radius 3 is 1.58 bits per heavy atom. The van der Waals surface area contributed by atoms with Crippen LogP contribution in [0.1, 0.15) is 0 Å². The van der Waals surface area contributed by atoms with Gasteiger partial charge in [-0.15, -0.1) is 0 Å². The van der Waals surface area contributed by atoms with Gasteiger partial charge in [-0.1, -0.05) is 140 Å². The van der Waals surface area contributed by atoms with Gasteiger partial charge in [-0.2, -0.15) is 0 Å². The van der Waals surface area contributed by atoms with E-state index < -0.39 is 0 Å². The second-order valence-corrected chi connectivity index (χ2v) is 15.3. The van der Waals surface area contributed by atoms with E-state index in [9.17, 15) is 0 Å². The minimum atomic E-state index is 0.895. The molecule has 3 nitrogen and oxygen atoms in total. The molecule has 0 unspecified atom stereocenters. The highest BCUT2D eigenvalue weighted by Crippen LogP contribution is 2.42. The summed E-state index contributed by atoms with van der Waals surface area (Å²) in [5, 5.41) is 9.32. The lowest BCUT2D eigenvalue weighted by atomic mass is 9.97. The third-order valence-corrected chi connectivity index (χ3v) is 11.9. The number of para-hydroxylation sites is 1. The van der Waals surface area contributed by atoms with Crippen LogP contribution in [0.4, 0.5) is 17.1 Å². The molecule has 0 fully saturated rings. The minimum absolute atomic E-state index is 0.895. The molecule has 3 heteroatoms. The van der Waals surface area contributed by atoms with Gasteiger partial charge < -0.3 is 13.7 Å². The van der Waals surface area contributed by atoms with Gasteiger partial charge in [-0.05, 0) is 122 Å². The average Bonchev–Trinajstić information content (AvgIpc) is 3.88. The standard InChI is InChI=1S/C56H35NO2/c1-2-10-41-34-42(17-16-36(41)8-1)37-18-26-44(27-19-37)57(45-28-20-38(21-29-45)43-25-33-53-51(35-43)49-12-5-6-14-52(49)58-53)46-30-22-40(23-31-46)47-13-7-15-54-55(47)50-32-24-39-9-3-4-11-48(39)56(50)59-54/h1-35H. The van der Waals surface area contributed by atoms with E-state index >= 15 is 0 Å². The van der Waals surface area contributed by atoms with E-state index in [0.717, 1.165) is 88.6 Å². The lowest BCUT2D eigenvalue weighted by Gasteiger charge is -2.26. The fourth-order valence-electron chi connectivity index (χ4n) is 8.91. The van der Waals surface area contributed by atoms with Crippen LogP contribution in [-0.2, 0) is 0 Å². The molecule has 0 atom stereocenters. The monoisotopic (exact) mass is 753 g/mol. The number of hydrogen-bond donors (Lipinski definition) is 0. The summed E-state index contributed by atoms with van der Waals surface area (Å²) in [5.74, 6) is 0. The quantitative estimate of drug-likeness (QED) is 0.169.